The number of para-hydroxylation sites is 2. The van der Waals surface area contributed by atoms with E-state index in [4.69, 9.17) is 4.74 Å². The molecule has 2 aromatic heterocycles. The van der Waals surface area contributed by atoms with Gasteiger partial charge in [0.15, 0.2) is 0 Å². The van der Waals surface area contributed by atoms with Gasteiger partial charge in [0.05, 0.1) is 24.5 Å². The van der Waals surface area contributed by atoms with Gasteiger partial charge in [-0.2, -0.15) is 0 Å². The van der Waals surface area contributed by atoms with Crippen LogP contribution in [-0.4, -0.2) is 58.0 Å². The van der Waals surface area contributed by atoms with E-state index >= 15 is 0 Å². The van der Waals surface area contributed by atoms with E-state index in [-0.39, 0.29) is 17.9 Å². The molecule has 1 spiro atoms. The third-order valence-electron chi connectivity index (χ3n) is 8.18. The van der Waals surface area contributed by atoms with Crippen molar-refractivity contribution in [3.8, 4) is 0 Å². The lowest BCUT2D eigenvalue weighted by molar-refractivity contribution is -0.137. The van der Waals surface area contributed by atoms with E-state index in [1.54, 1.807) is 0 Å². The first kappa shape index (κ1) is 21.4. The van der Waals surface area contributed by atoms with Gasteiger partial charge < -0.3 is 24.9 Å². The molecule has 2 amide bonds. The number of benzene rings is 2. The molecule has 3 aliphatic rings. The minimum atomic E-state index is -0.680. The maximum absolute atomic E-state index is 13.5. The third-order valence-corrected chi connectivity index (χ3v) is 8.18. The average Bonchev–Trinajstić information content (AvgIpc) is 3.70. The fourth-order valence-corrected chi connectivity index (χ4v) is 6.44. The summed E-state index contributed by atoms with van der Waals surface area (Å²) in [6.45, 7) is 1.63. The smallest absolute Gasteiger partial charge is 0.230 e. The van der Waals surface area contributed by atoms with Gasteiger partial charge in [-0.15, -0.1) is 0 Å². The zero-order valence-electron chi connectivity index (χ0n) is 19.9. The van der Waals surface area contributed by atoms with Gasteiger partial charge >= 0.3 is 0 Å². The fraction of sp³-hybridized carbons (Fsp3) is 0.310. The molecule has 0 saturated carbocycles. The number of likely N-dealkylation sites (tertiary alicyclic amines) is 1. The molecule has 4 aromatic rings. The number of hydrogen-bond donors (Lipinski definition) is 3. The predicted molar refractivity (Wildman–Crippen MR) is 137 cm³/mol. The summed E-state index contributed by atoms with van der Waals surface area (Å²) in [6.07, 6.45) is 9.16. The van der Waals surface area contributed by atoms with Gasteiger partial charge in [-0.1, -0.05) is 48.6 Å². The molecule has 2 fully saturated rings. The fourth-order valence-electron chi connectivity index (χ4n) is 6.44. The van der Waals surface area contributed by atoms with Gasteiger partial charge in [0, 0.05) is 47.3 Å². The summed E-state index contributed by atoms with van der Waals surface area (Å²) in [5, 5.41) is 5.45. The largest absolute Gasteiger partial charge is 0.361 e. The maximum atomic E-state index is 13.5. The van der Waals surface area contributed by atoms with Crippen LogP contribution in [0.4, 0.5) is 0 Å². The summed E-state index contributed by atoms with van der Waals surface area (Å²) in [5.74, 6) is -1.01. The van der Waals surface area contributed by atoms with E-state index in [9.17, 15) is 9.59 Å². The minimum absolute atomic E-state index is 0.0264. The molecule has 5 heterocycles. The molecule has 2 aromatic carbocycles. The summed E-state index contributed by atoms with van der Waals surface area (Å²) in [4.78, 5) is 35.3. The number of nitrogens with one attached hydrogen (secondary N) is 3. The van der Waals surface area contributed by atoms with Gasteiger partial charge in [0.1, 0.15) is 5.60 Å². The Balaban J connectivity index is 1.03. The van der Waals surface area contributed by atoms with E-state index in [1.807, 2.05) is 59.8 Å². The Kier molecular flexibility index (Phi) is 4.82. The lowest BCUT2D eigenvalue weighted by Crippen LogP contribution is -2.44. The molecule has 4 atom stereocenters. The van der Waals surface area contributed by atoms with Crippen LogP contribution in [0, 0.1) is 11.8 Å². The molecule has 3 aliphatic heterocycles. The zero-order chi connectivity index (χ0) is 24.3. The van der Waals surface area contributed by atoms with Crippen LogP contribution in [0.15, 0.2) is 73.1 Å². The molecule has 3 N–H and O–H groups in total. The number of nitrogens with zero attached hydrogens (tertiary/aromatic N) is 1. The topological polar surface area (TPSA) is 90.2 Å². The second kappa shape index (κ2) is 8.10. The first-order valence-corrected chi connectivity index (χ1v) is 12.7. The van der Waals surface area contributed by atoms with Crippen LogP contribution in [0.25, 0.3) is 21.8 Å². The lowest BCUT2D eigenvalue weighted by Gasteiger charge is -2.23. The number of ether oxygens (including phenoxy) is 1. The first-order valence-electron chi connectivity index (χ1n) is 12.7. The van der Waals surface area contributed by atoms with E-state index in [2.05, 4.69) is 33.5 Å². The van der Waals surface area contributed by atoms with E-state index in [0.717, 1.165) is 23.9 Å². The summed E-state index contributed by atoms with van der Waals surface area (Å²) in [6, 6.07) is 16.4. The quantitative estimate of drug-likeness (QED) is 0.355. The van der Waals surface area contributed by atoms with E-state index in [1.165, 1.54) is 21.9 Å². The van der Waals surface area contributed by atoms with Crippen molar-refractivity contribution in [2.45, 2.75) is 24.5 Å². The van der Waals surface area contributed by atoms with Crippen LogP contribution in [-0.2, 0) is 27.2 Å². The van der Waals surface area contributed by atoms with Crippen molar-refractivity contribution in [3.05, 3.63) is 84.2 Å². The summed E-state index contributed by atoms with van der Waals surface area (Å²) < 4.78 is 6.29. The molecule has 7 nitrogen and oxygen atoms in total. The van der Waals surface area contributed by atoms with Crippen molar-refractivity contribution in [2.75, 3.05) is 19.6 Å². The third kappa shape index (κ3) is 3.23. The Labute approximate surface area is 208 Å². The van der Waals surface area contributed by atoms with Crippen molar-refractivity contribution >= 4 is 33.6 Å². The minimum Gasteiger partial charge on any atom is -0.361 e. The summed E-state index contributed by atoms with van der Waals surface area (Å²) in [5.41, 5.74) is 3.88. The molecule has 2 bridgehead atoms. The zero-order valence-corrected chi connectivity index (χ0v) is 19.9. The van der Waals surface area contributed by atoms with Gasteiger partial charge in [-0.3, -0.25) is 9.59 Å². The molecule has 0 aliphatic carbocycles. The molecule has 0 radical (unpaired) electrons. The molecule has 2 saturated heterocycles. The average molecular weight is 481 g/mol. The Morgan fingerprint density at radius 1 is 1.00 bits per heavy atom. The van der Waals surface area contributed by atoms with Gasteiger partial charge in [0.25, 0.3) is 0 Å². The predicted octanol–water partition coefficient (Wildman–Crippen LogP) is 3.33. The number of hydrogen-bond acceptors (Lipinski definition) is 3. The van der Waals surface area contributed by atoms with Crippen molar-refractivity contribution in [2.24, 2.45) is 11.8 Å². The SMILES string of the molecule is O=C(NCCc1c[nH]c2ccccc12)[C@H]1[C@@H]2C=C[C@]3(CN(CCc4c[nH]c5ccccc45)C(=O)[C@@H]13)O2. The standard InChI is InChI=1S/C29H28N4O3/c34-27(30-13-10-18-15-31-22-7-3-1-5-20(18)22)25-24-9-12-29(36-24)17-33(28(35)26(25)29)14-11-19-16-32-23-8-4-2-6-21(19)23/h1-9,12,15-16,24-26,31-32H,10-11,13-14,17H2,(H,30,34)/t24-,25-,26+,29+/m0/s1. The second-order valence-electron chi connectivity index (χ2n) is 10.2. The number of carbonyl (C=O) groups is 2. The first-order chi connectivity index (χ1) is 17.6. The number of fused-ring (bicyclic) bond motifs is 3. The normalized spacial score (nSPS) is 26.4. The van der Waals surface area contributed by atoms with Crippen LogP contribution < -0.4 is 5.32 Å². The Morgan fingerprint density at radius 3 is 2.39 bits per heavy atom. The van der Waals surface area contributed by atoms with Crippen molar-refractivity contribution in [1.82, 2.24) is 20.2 Å². The molecule has 7 rings (SSSR count). The number of H-pyrrole nitrogens is 2. The Bertz CT molecular complexity index is 1520. The molecular weight excluding hydrogens is 452 g/mol. The number of rotatable bonds is 7. The second-order valence-corrected chi connectivity index (χ2v) is 10.2. The molecule has 36 heavy (non-hydrogen) atoms. The summed E-state index contributed by atoms with van der Waals surface area (Å²) >= 11 is 0. The highest BCUT2D eigenvalue weighted by Crippen LogP contribution is 2.51. The van der Waals surface area contributed by atoms with Crippen molar-refractivity contribution in [1.29, 1.82) is 0 Å². The molecule has 0 unspecified atom stereocenters. The summed E-state index contributed by atoms with van der Waals surface area (Å²) in [7, 11) is 0. The number of aromatic nitrogens is 2. The van der Waals surface area contributed by atoms with Gasteiger partial charge in [0.2, 0.25) is 11.8 Å². The number of carbonyl (C=O) groups excluding carboxylic acids is 2. The van der Waals surface area contributed by atoms with Crippen LogP contribution in [0.1, 0.15) is 11.1 Å². The maximum Gasteiger partial charge on any atom is 0.230 e. The van der Waals surface area contributed by atoms with E-state index in [0.29, 0.717) is 19.6 Å². The van der Waals surface area contributed by atoms with E-state index < -0.39 is 17.4 Å². The van der Waals surface area contributed by atoms with Crippen molar-refractivity contribution < 1.29 is 14.3 Å². The number of aromatic amines is 2. The Morgan fingerprint density at radius 2 is 1.67 bits per heavy atom. The molecule has 7 heteroatoms. The monoisotopic (exact) mass is 480 g/mol. The highest BCUT2D eigenvalue weighted by Gasteiger charge is 2.66. The lowest BCUT2D eigenvalue weighted by atomic mass is 9.77. The Hall–Kier alpha value is -3.84. The van der Waals surface area contributed by atoms with Gasteiger partial charge in [-0.05, 0) is 36.1 Å². The van der Waals surface area contributed by atoms with Gasteiger partial charge in [-0.25, -0.2) is 0 Å². The highest BCUT2D eigenvalue weighted by molar-refractivity contribution is 5.93. The van der Waals surface area contributed by atoms with Crippen LogP contribution >= 0.6 is 0 Å². The number of amides is 2. The molecular formula is C29H28N4O3. The van der Waals surface area contributed by atoms with Crippen LogP contribution in [0.2, 0.25) is 0 Å². The molecule has 182 valence electrons. The van der Waals surface area contributed by atoms with Crippen LogP contribution in [0.5, 0.6) is 0 Å². The highest BCUT2D eigenvalue weighted by atomic mass is 16.5. The van der Waals surface area contributed by atoms with Crippen LogP contribution in [0.3, 0.4) is 0 Å². The van der Waals surface area contributed by atoms with Crippen molar-refractivity contribution in [3.63, 3.8) is 0 Å².